The largest absolute Gasteiger partial charge is 0.507 e. The number of para-hydroxylation sites is 1. The molecule has 0 aromatic heterocycles. The van der Waals surface area contributed by atoms with Crippen molar-refractivity contribution in [3.63, 3.8) is 0 Å². The van der Waals surface area contributed by atoms with Crippen LogP contribution in [0, 0.1) is 0 Å². The van der Waals surface area contributed by atoms with E-state index in [9.17, 15) is 9.90 Å². The number of nitrogens with one attached hydrogen (secondary N) is 1. The van der Waals surface area contributed by atoms with Crippen LogP contribution in [0.15, 0.2) is 48.5 Å². The zero-order valence-corrected chi connectivity index (χ0v) is 9.61. The summed E-state index contributed by atoms with van der Waals surface area (Å²) in [6.45, 7) is 0. The van der Waals surface area contributed by atoms with E-state index in [1.165, 1.54) is 6.07 Å². The van der Waals surface area contributed by atoms with E-state index in [1.54, 1.807) is 42.5 Å². The first kappa shape index (κ1) is 11.5. The SMILES string of the molecule is O=C(Nc1cccc(Cl)c1)c1ccccc1O. The van der Waals surface area contributed by atoms with Crippen LogP contribution in [0.5, 0.6) is 5.75 Å². The summed E-state index contributed by atoms with van der Waals surface area (Å²) >= 11 is 5.80. The number of halogens is 1. The average Bonchev–Trinajstić information content (AvgIpc) is 2.29. The maximum absolute atomic E-state index is 11.8. The topological polar surface area (TPSA) is 49.3 Å². The number of hydrogen-bond acceptors (Lipinski definition) is 2. The summed E-state index contributed by atoms with van der Waals surface area (Å²) in [7, 11) is 0. The van der Waals surface area contributed by atoms with Gasteiger partial charge in [-0.05, 0) is 30.3 Å². The fraction of sp³-hybridized carbons (Fsp3) is 0. The lowest BCUT2D eigenvalue weighted by molar-refractivity contribution is 0.102. The fourth-order valence-corrected chi connectivity index (χ4v) is 1.62. The van der Waals surface area contributed by atoms with Crippen molar-refractivity contribution in [2.24, 2.45) is 0 Å². The second kappa shape index (κ2) is 4.89. The summed E-state index contributed by atoms with van der Waals surface area (Å²) < 4.78 is 0. The Morgan fingerprint density at radius 1 is 1.12 bits per heavy atom. The molecule has 0 heterocycles. The summed E-state index contributed by atoms with van der Waals surface area (Å²) in [4.78, 5) is 11.8. The van der Waals surface area contributed by atoms with E-state index in [2.05, 4.69) is 5.32 Å². The molecule has 0 saturated heterocycles. The van der Waals surface area contributed by atoms with E-state index in [0.717, 1.165) is 0 Å². The minimum Gasteiger partial charge on any atom is -0.507 e. The van der Waals surface area contributed by atoms with E-state index in [1.807, 2.05) is 0 Å². The molecule has 0 aliphatic carbocycles. The Balaban J connectivity index is 2.20. The zero-order valence-electron chi connectivity index (χ0n) is 8.85. The van der Waals surface area contributed by atoms with Crippen LogP contribution in [0.3, 0.4) is 0 Å². The summed E-state index contributed by atoms with van der Waals surface area (Å²) in [5, 5.41) is 12.7. The Hall–Kier alpha value is -2.00. The first-order chi connectivity index (χ1) is 8.16. The number of carbonyl (C=O) groups excluding carboxylic acids is 1. The molecule has 1 amide bonds. The molecule has 0 saturated carbocycles. The van der Waals surface area contributed by atoms with E-state index < -0.39 is 0 Å². The Kier molecular flexibility index (Phi) is 3.30. The molecule has 0 unspecified atom stereocenters. The first-order valence-corrected chi connectivity index (χ1v) is 5.39. The van der Waals surface area contributed by atoms with Gasteiger partial charge in [0.05, 0.1) is 5.56 Å². The molecule has 0 aliphatic heterocycles. The van der Waals surface area contributed by atoms with Gasteiger partial charge in [0.1, 0.15) is 5.75 Å². The molecular weight excluding hydrogens is 238 g/mol. The van der Waals surface area contributed by atoms with Gasteiger partial charge < -0.3 is 10.4 Å². The molecule has 0 bridgehead atoms. The number of aromatic hydroxyl groups is 1. The number of benzene rings is 2. The lowest BCUT2D eigenvalue weighted by atomic mass is 10.2. The molecule has 0 fully saturated rings. The van der Waals surface area contributed by atoms with Gasteiger partial charge in [0.25, 0.3) is 5.91 Å². The number of rotatable bonds is 2. The number of anilines is 1. The quantitative estimate of drug-likeness (QED) is 0.856. The van der Waals surface area contributed by atoms with E-state index in [-0.39, 0.29) is 17.2 Å². The minimum atomic E-state index is -0.370. The van der Waals surface area contributed by atoms with Gasteiger partial charge in [-0.15, -0.1) is 0 Å². The van der Waals surface area contributed by atoms with Crippen LogP contribution < -0.4 is 5.32 Å². The van der Waals surface area contributed by atoms with Crippen LogP contribution >= 0.6 is 11.6 Å². The molecule has 2 aromatic carbocycles. The highest BCUT2D eigenvalue weighted by Gasteiger charge is 2.10. The van der Waals surface area contributed by atoms with Gasteiger partial charge in [0.15, 0.2) is 0 Å². The zero-order chi connectivity index (χ0) is 12.3. The van der Waals surface area contributed by atoms with Crippen molar-refractivity contribution in [2.75, 3.05) is 5.32 Å². The van der Waals surface area contributed by atoms with Crippen molar-refractivity contribution >= 4 is 23.2 Å². The predicted molar refractivity (Wildman–Crippen MR) is 67.5 cm³/mol. The molecule has 4 heteroatoms. The smallest absolute Gasteiger partial charge is 0.259 e. The van der Waals surface area contributed by atoms with Crippen molar-refractivity contribution < 1.29 is 9.90 Å². The number of phenolic OH excluding ortho intramolecular Hbond substituents is 1. The number of phenols is 1. The van der Waals surface area contributed by atoms with Gasteiger partial charge in [0.2, 0.25) is 0 Å². The second-order valence-electron chi connectivity index (χ2n) is 3.48. The lowest BCUT2D eigenvalue weighted by Gasteiger charge is -2.06. The van der Waals surface area contributed by atoms with Crippen LogP contribution in [0.25, 0.3) is 0 Å². The lowest BCUT2D eigenvalue weighted by Crippen LogP contribution is -2.11. The van der Waals surface area contributed by atoms with Gasteiger partial charge in [0, 0.05) is 10.7 Å². The molecule has 0 radical (unpaired) electrons. The Labute approximate surface area is 104 Å². The summed E-state index contributed by atoms with van der Waals surface area (Å²) in [5.74, 6) is -0.419. The van der Waals surface area contributed by atoms with Gasteiger partial charge in [-0.3, -0.25) is 4.79 Å². The monoisotopic (exact) mass is 247 g/mol. The molecule has 2 rings (SSSR count). The molecular formula is C13H10ClNO2. The highest BCUT2D eigenvalue weighted by molar-refractivity contribution is 6.31. The molecule has 0 spiro atoms. The Morgan fingerprint density at radius 3 is 2.59 bits per heavy atom. The molecule has 3 nitrogen and oxygen atoms in total. The van der Waals surface area contributed by atoms with Gasteiger partial charge in [-0.1, -0.05) is 29.8 Å². The third kappa shape index (κ3) is 2.77. The predicted octanol–water partition coefficient (Wildman–Crippen LogP) is 3.30. The highest BCUT2D eigenvalue weighted by Crippen LogP contribution is 2.19. The summed E-state index contributed by atoms with van der Waals surface area (Å²) in [6, 6.07) is 13.2. The van der Waals surface area contributed by atoms with Crippen molar-refractivity contribution in [1.82, 2.24) is 0 Å². The van der Waals surface area contributed by atoms with Crippen molar-refractivity contribution in [2.45, 2.75) is 0 Å². The van der Waals surface area contributed by atoms with Gasteiger partial charge >= 0.3 is 0 Å². The van der Waals surface area contributed by atoms with Gasteiger partial charge in [-0.25, -0.2) is 0 Å². The molecule has 2 N–H and O–H groups in total. The van der Waals surface area contributed by atoms with Crippen LogP contribution in [-0.4, -0.2) is 11.0 Å². The normalized spacial score (nSPS) is 9.94. The molecule has 86 valence electrons. The van der Waals surface area contributed by atoms with E-state index in [4.69, 9.17) is 11.6 Å². The molecule has 0 aliphatic rings. The van der Waals surface area contributed by atoms with Crippen LogP contribution in [0.4, 0.5) is 5.69 Å². The van der Waals surface area contributed by atoms with Crippen molar-refractivity contribution in [1.29, 1.82) is 0 Å². The second-order valence-corrected chi connectivity index (χ2v) is 3.92. The highest BCUT2D eigenvalue weighted by atomic mass is 35.5. The van der Waals surface area contributed by atoms with Crippen LogP contribution in [-0.2, 0) is 0 Å². The molecule has 17 heavy (non-hydrogen) atoms. The first-order valence-electron chi connectivity index (χ1n) is 5.02. The Bertz CT molecular complexity index is 555. The average molecular weight is 248 g/mol. The third-order valence-electron chi connectivity index (χ3n) is 2.23. The summed E-state index contributed by atoms with van der Waals surface area (Å²) in [6.07, 6.45) is 0. The fourth-order valence-electron chi connectivity index (χ4n) is 1.43. The van der Waals surface area contributed by atoms with E-state index in [0.29, 0.717) is 10.7 Å². The van der Waals surface area contributed by atoms with E-state index >= 15 is 0 Å². The number of carbonyl (C=O) groups is 1. The molecule has 0 atom stereocenters. The van der Waals surface area contributed by atoms with Crippen molar-refractivity contribution in [3.8, 4) is 5.75 Å². The Morgan fingerprint density at radius 2 is 1.88 bits per heavy atom. The van der Waals surface area contributed by atoms with Crippen molar-refractivity contribution in [3.05, 3.63) is 59.1 Å². The standard InChI is InChI=1S/C13H10ClNO2/c14-9-4-3-5-10(8-9)15-13(17)11-6-1-2-7-12(11)16/h1-8,16H,(H,15,17). The van der Waals surface area contributed by atoms with Gasteiger partial charge in [-0.2, -0.15) is 0 Å². The minimum absolute atomic E-state index is 0.0490. The molecule has 2 aromatic rings. The number of hydrogen-bond donors (Lipinski definition) is 2. The van der Waals surface area contributed by atoms with Crippen LogP contribution in [0.2, 0.25) is 5.02 Å². The summed E-state index contributed by atoms with van der Waals surface area (Å²) in [5.41, 5.74) is 0.818. The third-order valence-corrected chi connectivity index (χ3v) is 2.47. The maximum Gasteiger partial charge on any atom is 0.259 e. The number of amides is 1. The maximum atomic E-state index is 11.8. The van der Waals surface area contributed by atoms with Crippen LogP contribution in [0.1, 0.15) is 10.4 Å².